The lowest BCUT2D eigenvalue weighted by Gasteiger charge is -2.26. The quantitative estimate of drug-likeness (QED) is 0.588. The van der Waals surface area contributed by atoms with E-state index in [-0.39, 0.29) is 11.8 Å². The zero-order chi connectivity index (χ0) is 21.0. The third-order valence-corrected chi connectivity index (χ3v) is 4.81. The number of benzene rings is 2. The van der Waals surface area contributed by atoms with E-state index >= 15 is 0 Å². The lowest BCUT2D eigenvalue weighted by Crippen LogP contribution is -2.41. The molecular weight excluding hydrogens is 382 g/mol. The monoisotopic (exact) mass is 411 g/mol. The van der Waals surface area contributed by atoms with Gasteiger partial charge in [0.2, 0.25) is 5.91 Å². The van der Waals surface area contributed by atoms with E-state index in [0.717, 1.165) is 38.6 Å². The van der Waals surface area contributed by atoms with Gasteiger partial charge in [-0.25, -0.2) is 0 Å². The van der Waals surface area contributed by atoms with Gasteiger partial charge in [-0.2, -0.15) is 0 Å². The normalized spacial score (nSPS) is 14.1. The minimum absolute atomic E-state index is 0.0747. The summed E-state index contributed by atoms with van der Waals surface area (Å²) in [5.74, 6) is 0.616. The van der Waals surface area contributed by atoms with Gasteiger partial charge in [0.05, 0.1) is 19.8 Å². The van der Waals surface area contributed by atoms with Gasteiger partial charge in [0, 0.05) is 43.9 Å². The zero-order valence-corrected chi connectivity index (χ0v) is 17.1. The number of hydrogen-bond donors (Lipinski definition) is 2. The van der Waals surface area contributed by atoms with Crippen LogP contribution in [0.15, 0.2) is 54.6 Å². The van der Waals surface area contributed by atoms with Gasteiger partial charge in [0.25, 0.3) is 5.91 Å². The molecule has 1 aliphatic heterocycles. The van der Waals surface area contributed by atoms with Crippen LogP contribution in [-0.2, 0) is 9.53 Å². The molecule has 30 heavy (non-hydrogen) atoms. The SMILES string of the molecule is O=C(CCCOc1ccccc1)Nc1ccc(C(=O)NCCN2CCOCC2)cc1. The molecule has 0 bridgehead atoms. The molecule has 0 aliphatic carbocycles. The molecule has 0 spiro atoms. The Bertz CT molecular complexity index is 790. The standard InChI is InChI=1S/C23H29N3O4/c27-22(7-4-16-30-21-5-2-1-3-6-21)25-20-10-8-19(9-11-20)23(28)24-12-13-26-14-17-29-18-15-26/h1-3,5-6,8-11H,4,7,12-18H2,(H,24,28)(H,25,27). The first-order chi connectivity index (χ1) is 14.7. The van der Waals surface area contributed by atoms with Gasteiger partial charge in [-0.3, -0.25) is 14.5 Å². The summed E-state index contributed by atoms with van der Waals surface area (Å²) in [6.45, 7) is 5.22. The van der Waals surface area contributed by atoms with Crippen LogP contribution < -0.4 is 15.4 Å². The Hall–Kier alpha value is -2.90. The fraction of sp³-hybridized carbons (Fsp3) is 0.391. The molecule has 1 fully saturated rings. The van der Waals surface area contributed by atoms with E-state index in [0.29, 0.717) is 37.2 Å². The van der Waals surface area contributed by atoms with Crippen LogP contribution in [0.25, 0.3) is 0 Å². The predicted octanol–water partition coefficient (Wildman–Crippen LogP) is 2.55. The van der Waals surface area contributed by atoms with Crippen LogP contribution in [-0.4, -0.2) is 62.7 Å². The summed E-state index contributed by atoms with van der Waals surface area (Å²) in [5, 5.41) is 5.78. The lowest BCUT2D eigenvalue weighted by atomic mass is 10.2. The first-order valence-corrected chi connectivity index (χ1v) is 10.4. The molecule has 2 amide bonds. The number of para-hydroxylation sites is 1. The first-order valence-electron chi connectivity index (χ1n) is 10.4. The van der Waals surface area contributed by atoms with E-state index in [9.17, 15) is 9.59 Å². The number of rotatable bonds is 10. The van der Waals surface area contributed by atoms with E-state index in [1.54, 1.807) is 24.3 Å². The molecule has 0 unspecified atom stereocenters. The number of amides is 2. The van der Waals surface area contributed by atoms with Gasteiger partial charge in [-0.15, -0.1) is 0 Å². The Morgan fingerprint density at radius 1 is 1.00 bits per heavy atom. The van der Waals surface area contributed by atoms with Crippen LogP contribution in [0, 0.1) is 0 Å². The summed E-state index contributed by atoms with van der Waals surface area (Å²) in [6.07, 6.45) is 1.00. The van der Waals surface area contributed by atoms with E-state index < -0.39 is 0 Å². The van der Waals surface area contributed by atoms with Gasteiger partial charge >= 0.3 is 0 Å². The van der Waals surface area contributed by atoms with Crippen molar-refractivity contribution in [1.29, 1.82) is 0 Å². The second-order valence-corrected chi connectivity index (χ2v) is 7.10. The molecule has 0 radical (unpaired) electrons. The smallest absolute Gasteiger partial charge is 0.251 e. The second kappa shape index (κ2) is 11.9. The number of hydrogen-bond acceptors (Lipinski definition) is 5. The largest absolute Gasteiger partial charge is 0.494 e. The maximum atomic E-state index is 12.3. The zero-order valence-electron chi connectivity index (χ0n) is 17.1. The average molecular weight is 412 g/mol. The molecule has 160 valence electrons. The van der Waals surface area contributed by atoms with Gasteiger partial charge in [0.1, 0.15) is 5.75 Å². The summed E-state index contributed by atoms with van der Waals surface area (Å²) in [6, 6.07) is 16.5. The van der Waals surface area contributed by atoms with Crippen molar-refractivity contribution in [2.24, 2.45) is 0 Å². The predicted molar refractivity (Wildman–Crippen MR) is 116 cm³/mol. The van der Waals surface area contributed by atoms with E-state index in [4.69, 9.17) is 9.47 Å². The molecule has 0 saturated carbocycles. The van der Waals surface area contributed by atoms with E-state index in [1.165, 1.54) is 0 Å². The lowest BCUT2D eigenvalue weighted by molar-refractivity contribution is -0.116. The van der Waals surface area contributed by atoms with Crippen molar-refractivity contribution in [3.63, 3.8) is 0 Å². The van der Waals surface area contributed by atoms with Crippen LogP contribution in [0.4, 0.5) is 5.69 Å². The number of carbonyl (C=O) groups is 2. The highest BCUT2D eigenvalue weighted by Crippen LogP contribution is 2.12. The first kappa shape index (κ1) is 21.8. The average Bonchev–Trinajstić information content (AvgIpc) is 2.78. The van der Waals surface area contributed by atoms with E-state index in [1.807, 2.05) is 30.3 Å². The van der Waals surface area contributed by atoms with Crippen molar-refractivity contribution in [3.8, 4) is 5.75 Å². The van der Waals surface area contributed by atoms with Gasteiger partial charge in [0.15, 0.2) is 0 Å². The highest BCUT2D eigenvalue weighted by atomic mass is 16.5. The second-order valence-electron chi connectivity index (χ2n) is 7.10. The Balaban J connectivity index is 1.32. The third kappa shape index (κ3) is 7.50. The Morgan fingerprint density at radius 2 is 1.73 bits per heavy atom. The Labute approximate surface area is 177 Å². The van der Waals surface area contributed by atoms with Crippen LogP contribution >= 0.6 is 0 Å². The number of anilines is 1. The molecule has 2 aromatic rings. The molecule has 1 heterocycles. The van der Waals surface area contributed by atoms with Crippen molar-refractivity contribution in [1.82, 2.24) is 10.2 Å². The molecule has 7 heteroatoms. The highest BCUT2D eigenvalue weighted by molar-refractivity contribution is 5.95. The van der Waals surface area contributed by atoms with Gasteiger partial charge < -0.3 is 20.1 Å². The third-order valence-electron chi connectivity index (χ3n) is 4.81. The fourth-order valence-electron chi connectivity index (χ4n) is 3.12. The molecule has 2 N–H and O–H groups in total. The number of nitrogens with one attached hydrogen (secondary N) is 2. The van der Waals surface area contributed by atoms with Crippen LogP contribution in [0.1, 0.15) is 23.2 Å². The van der Waals surface area contributed by atoms with Crippen LogP contribution in [0.5, 0.6) is 5.75 Å². The molecule has 7 nitrogen and oxygen atoms in total. The Morgan fingerprint density at radius 3 is 2.47 bits per heavy atom. The number of ether oxygens (including phenoxy) is 2. The van der Waals surface area contributed by atoms with Crippen molar-refractivity contribution in [2.75, 3.05) is 51.3 Å². The summed E-state index contributed by atoms with van der Waals surface area (Å²) in [7, 11) is 0. The molecule has 1 aliphatic rings. The van der Waals surface area contributed by atoms with Crippen molar-refractivity contribution in [3.05, 3.63) is 60.2 Å². The van der Waals surface area contributed by atoms with Crippen molar-refractivity contribution >= 4 is 17.5 Å². The minimum Gasteiger partial charge on any atom is -0.494 e. The summed E-state index contributed by atoms with van der Waals surface area (Å²) in [4.78, 5) is 26.6. The minimum atomic E-state index is -0.112. The summed E-state index contributed by atoms with van der Waals surface area (Å²) in [5.41, 5.74) is 1.25. The molecule has 0 atom stereocenters. The molecular formula is C23H29N3O4. The molecule has 0 aromatic heterocycles. The number of nitrogens with zero attached hydrogens (tertiary/aromatic N) is 1. The molecule has 1 saturated heterocycles. The van der Waals surface area contributed by atoms with Gasteiger partial charge in [-0.05, 0) is 42.8 Å². The topological polar surface area (TPSA) is 79.9 Å². The summed E-state index contributed by atoms with van der Waals surface area (Å²) < 4.78 is 10.9. The van der Waals surface area contributed by atoms with Gasteiger partial charge in [-0.1, -0.05) is 18.2 Å². The fourth-order valence-corrected chi connectivity index (χ4v) is 3.12. The number of morpholine rings is 1. The maximum absolute atomic E-state index is 12.3. The van der Waals surface area contributed by atoms with Crippen molar-refractivity contribution in [2.45, 2.75) is 12.8 Å². The highest BCUT2D eigenvalue weighted by Gasteiger charge is 2.11. The maximum Gasteiger partial charge on any atom is 0.251 e. The van der Waals surface area contributed by atoms with E-state index in [2.05, 4.69) is 15.5 Å². The Kier molecular flexibility index (Phi) is 8.68. The number of carbonyl (C=O) groups excluding carboxylic acids is 2. The molecule has 2 aromatic carbocycles. The molecule has 3 rings (SSSR count). The van der Waals surface area contributed by atoms with Crippen LogP contribution in [0.2, 0.25) is 0 Å². The van der Waals surface area contributed by atoms with Crippen LogP contribution in [0.3, 0.4) is 0 Å². The van der Waals surface area contributed by atoms with Crippen molar-refractivity contribution < 1.29 is 19.1 Å². The summed E-state index contributed by atoms with van der Waals surface area (Å²) >= 11 is 0.